The van der Waals surface area contributed by atoms with E-state index < -0.39 is 0 Å². The third kappa shape index (κ3) is 5.34. The summed E-state index contributed by atoms with van der Waals surface area (Å²) < 4.78 is 2.47. The molecule has 2 aromatic heterocycles. The molecule has 0 amide bonds. The molecule has 51 heavy (non-hydrogen) atoms. The predicted octanol–water partition coefficient (Wildman–Crippen LogP) is 12.9. The van der Waals surface area contributed by atoms with Crippen molar-refractivity contribution in [2.24, 2.45) is 0 Å². The Balaban J connectivity index is 1.09. The van der Waals surface area contributed by atoms with E-state index in [0.717, 1.165) is 33.2 Å². The molecule has 0 atom stereocenters. The van der Waals surface area contributed by atoms with E-state index in [2.05, 4.69) is 176 Å². The van der Waals surface area contributed by atoms with Crippen LogP contribution >= 0.6 is 11.3 Å². The van der Waals surface area contributed by atoms with Crippen molar-refractivity contribution in [1.82, 2.24) is 15.0 Å². The first-order valence-corrected chi connectivity index (χ1v) is 17.9. The maximum absolute atomic E-state index is 5.19. The van der Waals surface area contributed by atoms with Gasteiger partial charge in [0, 0.05) is 36.9 Å². The van der Waals surface area contributed by atoms with Gasteiger partial charge in [-0.05, 0) is 74.1 Å². The van der Waals surface area contributed by atoms with E-state index in [-0.39, 0.29) is 0 Å². The second kappa shape index (κ2) is 12.1. The van der Waals surface area contributed by atoms with Crippen LogP contribution in [-0.4, -0.2) is 15.0 Å². The number of fused-ring (bicyclic) bond motifs is 5. The Kier molecular flexibility index (Phi) is 7.00. The number of hydrogen-bond acceptors (Lipinski definition) is 4. The van der Waals surface area contributed by atoms with Crippen LogP contribution in [0.3, 0.4) is 0 Å². The second-order valence-electron chi connectivity index (χ2n) is 12.9. The number of aromatic nitrogens is 3. The van der Waals surface area contributed by atoms with E-state index in [1.807, 2.05) is 0 Å². The zero-order chi connectivity index (χ0) is 33.7. The van der Waals surface area contributed by atoms with Crippen molar-refractivity contribution in [3.63, 3.8) is 0 Å². The molecule has 0 aliphatic heterocycles. The van der Waals surface area contributed by atoms with Crippen molar-refractivity contribution < 1.29 is 0 Å². The first-order valence-electron chi connectivity index (χ1n) is 17.1. The maximum atomic E-state index is 5.19. The zero-order valence-corrected chi connectivity index (χ0v) is 28.3. The van der Waals surface area contributed by atoms with Gasteiger partial charge in [-0.25, -0.2) is 15.0 Å². The molecule has 0 aliphatic rings. The minimum atomic E-state index is 0.648. The molecule has 0 fully saturated rings. The molecular weight excluding hydrogens is 639 g/mol. The Morgan fingerprint density at radius 2 is 0.804 bits per heavy atom. The Morgan fingerprint density at radius 1 is 0.314 bits per heavy atom. The highest BCUT2D eigenvalue weighted by Crippen LogP contribution is 2.40. The molecule has 0 unspecified atom stereocenters. The van der Waals surface area contributed by atoms with Gasteiger partial charge in [0.2, 0.25) is 0 Å². The Hall–Kier alpha value is -6.49. The fourth-order valence-electron chi connectivity index (χ4n) is 7.11. The van der Waals surface area contributed by atoms with Gasteiger partial charge in [-0.2, -0.15) is 0 Å². The van der Waals surface area contributed by atoms with Gasteiger partial charge in [-0.15, -0.1) is 11.3 Å². The van der Waals surface area contributed by atoms with Gasteiger partial charge in [-0.3, -0.25) is 0 Å². The summed E-state index contributed by atoms with van der Waals surface area (Å²) in [5.41, 5.74) is 7.56. The topological polar surface area (TPSA) is 38.7 Å². The van der Waals surface area contributed by atoms with Crippen LogP contribution in [0.25, 0.3) is 98.1 Å². The van der Waals surface area contributed by atoms with E-state index in [9.17, 15) is 0 Å². The number of thiophene rings is 1. The van der Waals surface area contributed by atoms with Crippen molar-refractivity contribution in [2.75, 3.05) is 0 Å². The summed E-state index contributed by atoms with van der Waals surface area (Å²) in [7, 11) is 0. The summed E-state index contributed by atoms with van der Waals surface area (Å²) in [5, 5.41) is 7.23. The summed E-state index contributed by atoms with van der Waals surface area (Å²) in [5.74, 6) is 1.97. The molecule has 2 heterocycles. The van der Waals surface area contributed by atoms with Gasteiger partial charge in [-0.1, -0.05) is 146 Å². The molecule has 0 spiro atoms. The third-order valence-electron chi connectivity index (χ3n) is 9.71. The fraction of sp³-hybridized carbons (Fsp3) is 0. The van der Waals surface area contributed by atoms with Crippen LogP contribution in [0, 0.1) is 0 Å². The summed E-state index contributed by atoms with van der Waals surface area (Å²) in [4.78, 5) is 15.5. The smallest absolute Gasteiger partial charge is 0.164 e. The minimum Gasteiger partial charge on any atom is -0.208 e. The highest BCUT2D eigenvalue weighted by molar-refractivity contribution is 7.25. The molecule has 0 bridgehead atoms. The van der Waals surface area contributed by atoms with E-state index >= 15 is 0 Å². The van der Waals surface area contributed by atoms with Crippen LogP contribution in [0.2, 0.25) is 0 Å². The minimum absolute atomic E-state index is 0.648. The third-order valence-corrected chi connectivity index (χ3v) is 10.8. The molecule has 4 heteroatoms. The number of rotatable bonds is 5. The number of benzene rings is 8. The molecule has 3 nitrogen and oxygen atoms in total. The molecule has 0 aliphatic carbocycles. The lowest BCUT2D eigenvalue weighted by atomic mass is 9.97. The summed E-state index contributed by atoms with van der Waals surface area (Å²) in [6, 6.07) is 62.3. The van der Waals surface area contributed by atoms with Crippen LogP contribution in [0.4, 0.5) is 0 Å². The summed E-state index contributed by atoms with van der Waals surface area (Å²) >= 11 is 1.80. The van der Waals surface area contributed by atoms with Crippen molar-refractivity contribution in [3.05, 3.63) is 176 Å². The van der Waals surface area contributed by atoms with E-state index in [1.165, 1.54) is 47.5 Å². The first kappa shape index (κ1) is 29.4. The highest BCUT2D eigenvalue weighted by atomic mass is 32.1. The fourth-order valence-corrected chi connectivity index (χ4v) is 8.24. The van der Waals surface area contributed by atoms with Crippen molar-refractivity contribution >= 4 is 53.1 Å². The van der Waals surface area contributed by atoms with E-state index in [1.54, 1.807) is 11.3 Å². The molecule has 0 N–H and O–H groups in total. The summed E-state index contributed by atoms with van der Waals surface area (Å²) in [6.45, 7) is 0. The molecule has 10 rings (SSSR count). The molecule has 0 radical (unpaired) electrons. The van der Waals surface area contributed by atoms with Gasteiger partial charge >= 0.3 is 0 Å². The largest absolute Gasteiger partial charge is 0.208 e. The highest BCUT2D eigenvalue weighted by Gasteiger charge is 2.17. The van der Waals surface area contributed by atoms with Crippen LogP contribution in [0.5, 0.6) is 0 Å². The first-order chi connectivity index (χ1) is 25.2. The lowest BCUT2D eigenvalue weighted by Crippen LogP contribution is -2.00. The average molecular weight is 668 g/mol. The molecule has 0 saturated heterocycles. The van der Waals surface area contributed by atoms with Crippen LogP contribution in [-0.2, 0) is 0 Å². The van der Waals surface area contributed by atoms with E-state index in [0.29, 0.717) is 17.5 Å². The molecular formula is C47H29N3S. The maximum Gasteiger partial charge on any atom is 0.164 e. The van der Waals surface area contributed by atoms with Crippen molar-refractivity contribution in [3.8, 4) is 56.4 Å². The van der Waals surface area contributed by atoms with Crippen molar-refractivity contribution in [1.29, 1.82) is 0 Å². The quantitative estimate of drug-likeness (QED) is 0.183. The van der Waals surface area contributed by atoms with Crippen LogP contribution < -0.4 is 0 Å². The SMILES string of the molecule is c1cc(-c2ccc(-c3ccc4ccccc4c3)cc2)cc(-c2nc(-c3ccc4ccccc4c3)nc(-c3cccc4sc5ccccc5c34)n2)c1. The molecule has 8 aromatic carbocycles. The average Bonchev–Trinajstić information content (AvgIpc) is 3.59. The van der Waals surface area contributed by atoms with Crippen LogP contribution in [0.15, 0.2) is 176 Å². The van der Waals surface area contributed by atoms with Crippen LogP contribution in [0.1, 0.15) is 0 Å². The summed E-state index contributed by atoms with van der Waals surface area (Å²) in [6.07, 6.45) is 0. The van der Waals surface area contributed by atoms with Gasteiger partial charge in [0.1, 0.15) is 0 Å². The van der Waals surface area contributed by atoms with E-state index in [4.69, 9.17) is 15.0 Å². The lowest BCUT2D eigenvalue weighted by molar-refractivity contribution is 1.08. The molecule has 10 aromatic rings. The Labute approximate surface area is 299 Å². The monoisotopic (exact) mass is 667 g/mol. The Morgan fingerprint density at radius 3 is 1.53 bits per heavy atom. The number of hydrogen-bond donors (Lipinski definition) is 0. The van der Waals surface area contributed by atoms with Gasteiger partial charge in [0.05, 0.1) is 0 Å². The van der Waals surface area contributed by atoms with Gasteiger partial charge in [0.15, 0.2) is 17.5 Å². The lowest BCUT2D eigenvalue weighted by Gasteiger charge is -2.11. The van der Waals surface area contributed by atoms with Gasteiger partial charge in [0.25, 0.3) is 0 Å². The molecule has 0 saturated carbocycles. The standard InChI is InChI=1S/C47H29N3S/c1-3-11-34-27-37(25-23-30(34)9-1)33-21-19-32(20-22-33)36-13-7-14-38(28-36)45-48-46(39-26-24-31-10-2-4-12-35(31)29-39)50-47(49-45)41-16-8-18-43-44(41)40-15-5-6-17-42(40)51-43/h1-29H. The normalized spacial score (nSPS) is 11.5. The predicted molar refractivity (Wildman–Crippen MR) is 215 cm³/mol. The van der Waals surface area contributed by atoms with Crippen molar-refractivity contribution in [2.45, 2.75) is 0 Å². The van der Waals surface area contributed by atoms with Gasteiger partial charge < -0.3 is 0 Å². The number of nitrogens with zero attached hydrogens (tertiary/aromatic N) is 3. The second-order valence-corrected chi connectivity index (χ2v) is 13.9. The Bertz CT molecular complexity index is 2920. The zero-order valence-electron chi connectivity index (χ0n) is 27.5. The molecule has 238 valence electrons.